The Morgan fingerprint density at radius 2 is 2.00 bits per heavy atom. The first-order valence-electron chi connectivity index (χ1n) is 4.72. The fraction of sp³-hybridized carbons (Fsp3) is 0.0909. The Hall–Kier alpha value is -1.65. The summed E-state index contributed by atoms with van der Waals surface area (Å²) in [4.78, 5) is 8.04. The molecule has 0 radical (unpaired) electrons. The molecule has 82 valence electrons. The molecule has 2 rings (SSSR count). The largest absolute Gasteiger partial charge is 0.424 e. The summed E-state index contributed by atoms with van der Waals surface area (Å²) in [5.74, 6) is 0.605. The van der Waals surface area contributed by atoms with Crippen molar-refractivity contribution in [3.63, 3.8) is 0 Å². The summed E-state index contributed by atoms with van der Waals surface area (Å²) in [6, 6.07) is 7.33. The van der Waals surface area contributed by atoms with Gasteiger partial charge < -0.3 is 10.5 Å². The average Bonchev–Trinajstić information content (AvgIpc) is 2.30. The molecule has 1 heterocycles. The predicted molar refractivity (Wildman–Crippen MR) is 61.4 cm³/mol. The van der Waals surface area contributed by atoms with Crippen LogP contribution in [0.2, 0.25) is 5.02 Å². The van der Waals surface area contributed by atoms with Crippen molar-refractivity contribution in [2.75, 3.05) is 0 Å². The van der Waals surface area contributed by atoms with Crippen LogP contribution in [-0.4, -0.2) is 9.97 Å². The van der Waals surface area contributed by atoms with Crippen molar-refractivity contribution in [1.82, 2.24) is 9.97 Å². The quantitative estimate of drug-likeness (QED) is 0.887. The molecule has 0 saturated heterocycles. The summed E-state index contributed by atoms with van der Waals surface area (Å²) in [6.45, 7) is 0.414. The second-order valence-corrected chi connectivity index (χ2v) is 3.57. The van der Waals surface area contributed by atoms with Crippen molar-refractivity contribution in [1.29, 1.82) is 0 Å². The molecule has 1 aromatic carbocycles. The van der Waals surface area contributed by atoms with E-state index >= 15 is 0 Å². The number of hydrogen-bond donors (Lipinski definition) is 1. The van der Waals surface area contributed by atoms with E-state index in [-0.39, 0.29) is 6.01 Å². The standard InChI is InChI=1S/C11H10ClN3O/c12-9-2-1-3-10(4-9)16-11-14-6-8(5-13)7-15-11/h1-4,6-7H,5,13H2. The lowest BCUT2D eigenvalue weighted by atomic mass is 10.3. The number of rotatable bonds is 3. The third-order valence-corrected chi connectivity index (χ3v) is 2.16. The number of aromatic nitrogens is 2. The van der Waals surface area contributed by atoms with E-state index in [0.717, 1.165) is 5.56 Å². The number of benzene rings is 1. The fourth-order valence-electron chi connectivity index (χ4n) is 1.14. The van der Waals surface area contributed by atoms with Crippen molar-refractivity contribution >= 4 is 11.6 Å². The molecular weight excluding hydrogens is 226 g/mol. The SMILES string of the molecule is NCc1cnc(Oc2cccc(Cl)c2)nc1. The van der Waals surface area contributed by atoms with Crippen molar-refractivity contribution < 1.29 is 4.74 Å². The van der Waals surface area contributed by atoms with Crippen molar-refractivity contribution in [3.05, 3.63) is 47.2 Å². The summed E-state index contributed by atoms with van der Waals surface area (Å²) in [5.41, 5.74) is 6.29. The average molecular weight is 236 g/mol. The van der Waals surface area contributed by atoms with Gasteiger partial charge in [0.05, 0.1) is 0 Å². The van der Waals surface area contributed by atoms with Gasteiger partial charge in [-0.25, -0.2) is 9.97 Å². The summed E-state index contributed by atoms with van der Waals surface area (Å²) < 4.78 is 5.41. The van der Waals surface area contributed by atoms with Gasteiger partial charge in [0.2, 0.25) is 0 Å². The van der Waals surface area contributed by atoms with Gasteiger partial charge in [-0.3, -0.25) is 0 Å². The van der Waals surface area contributed by atoms with Crippen LogP contribution in [0.3, 0.4) is 0 Å². The van der Waals surface area contributed by atoms with Crippen LogP contribution in [0.1, 0.15) is 5.56 Å². The van der Waals surface area contributed by atoms with Crippen molar-refractivity contribution in [2.45, 2.75) is 6.54 Å². The van der Waals surface area contributed by atoms with Crippen LogP contribution in [0.4, 0.5) is 0 Å². The van der Waals surface area contributed by atoms with Crippen molar-refractivity contribution in [2.24, 2.45) is 5.73 Å². The van der Waals surface area contributed by atoms with E-state index in [1.807, 2.05) is 0 Å². The highest BCUT2D eigenvalue weighted by molar-refractivity contribution is 6.30. The smallest absolute Gasteiger partial charge is 0.321 e. The number of halogens is 1. The Morgan fingerprint density at radius 3 is 2.62 bits per heavy atom. The van der Waals surface area contributed by atoms with E-state index in [2.05, 4.69) is 9.97 Å². The molecular formula is C11H10ClN3O. The Kier molecular flexibility index (Phi) is 3.34. The third kappa shape index (κ3) is 2.68. The van der Waals surface area contributed by atoms with E-state index in [1.165, 1.54) is 0 Å². The molecule has 0 aliphatic heterocycles. The van der Waals surface area contributed by atoms with E-state index in [9.17, 15) is 0 Å². The monoisotopic (exact) mass is 235 g/mol. The van der Waals surface area contributed by atoms with Crippen LogP contribution < -0.4 is 10.5 Å². The highest BCUT2D eigenvalue weighted by Gasteiger charge is 2.00. The maximum atomic E-state index is 5.82. The molecule has 16 heavy (non-hydrogen) atoms. The van der Waals surface area contributed by atoms with Crippen LogP contribution in [-0.2, 0) is 6.54 Å². The Balaban J connectivity index is 2.14. The Labute approximate surface area is 98.0 Å². The normalized spacial score (nSPS) is 10.1. The van der Waals surface area contributed by atoms with Gasteiger partial charge in [-0.05, 0) is 18.2 Å². The molecule has 0 aliphatic carbocycles. The van der Waals surface area contributed by atoms with Gasteiger partial charge in [0.15, 0.2) is 0 Å². The molecule has 0 amide bonds. The second kappa shape index (κ2) is 4.92. The number of ether oxygens (including phenoxy) is 1. The zero-order valence-electron chi connectivity index (χ0n) is 8.43. The summed E-state index contributed by atoms with van der Waals surface area (Å²) in [5, 5.41) is 0.607. The Morgan fingerprint density at radius 1 is 1.25 bits per heavy atom. The lowest BCUT2D eigenvalue weighted by Gasteiger charge is -2.03. The molecule has 4 nitrogen and oxygen atoms in total. The zero-order chi connectivity index (χ0) is 11.4. The lowest BCUT2D eigenvalue weighted by molar-refractivity contribution is 0.441. The Bertz CT molecular complexity index is 473. The second-order valence-electron chi connectivity index (χ2n) is 3.14. The highest BCUT2D eigenvalue weighted by Crippen LogP contribution is 2.21. The van der Waals surface area contributed by atoms with E-state index < -0.39 is 0 Å². The van der Waals surface area contributed by atoms with Gasteiger partial charge in [-0.2, -0.15) is 0 Å². The first-order chi connectivity index (χ1) is 7.78. The van der Waals surface area contributed by atoms with Crippen LogP contribution >= 0.6 is 11.6 Å². The molecule has 0 atom stereocenters. The van der Waals surface area contributed by atoms with Gasteiger partial charge in [-0.1, -0.05) is 17.7 Å². The topological polar surface area (TPSA) is 61.0 Å². The minimum absolute atomic E-state index is 0.277. The number of nitrogens with zero attached hydrogens (tertiary/aromatic N) is 2. The minimum atomic E-state index is 0.277. The zero-order valence-corrected chi connectivity index (χ0v) is 9.19. The molecule has 0 fully saturated rings. The maximum Gasteiger partial charge on any atom is 0.321 e. The van der Waals surface area contributed by atoms with E-state index in [1.54, 1.807) is 36.7 Å². The molecule has 5 heteroatoms. The van der Waals surface area contributed by atoms with Crippen LogP contribution in [0.15, 0.2) is 36.7 Å². The molecule has 1 aromatic heterocycles. The van der Waals surface area contributed by atoms with Crippen LogP contribution in [0.25, 0.3) is 0 Å². The molecule has 2 N–H and O–H groups in total. The van der Waals surface area contributed by atoms with Crippen LogP contribution in [0.5, 0.6) is 11.8 Å². The molecule has 0 spiro atoms. The van der Waals surface area contributed by atoms with Gasteiger partial charge in [0, 0.05) is 29.5 Å². The third-order valence-electron chi connectivity index (χ3n) is 1.92. The van der Waals surface area contributed by atoms with Crippen LogP contribution in [0, 0.1) is 0 Å². The first kappa shape index (κ1) is 10.9. The van der Waals surface area contributed by atoms with Gasteiger partial charge in [-0.15, -0.1) is 0 Å². The molecule has 2 aromatic rings. The minimum Gasteiger partial charge on any atom is -0.424 e. The summed E-state index contributed by atoms with van der Waals surface area (Å²) in [7, 11) is 0. The van der Waals surface area contributed by atoms with Gasteiger partial charge >= 0.3 is 6.01 Å². The molecule has 0 saturated carbocycles. The number of nitrogens with two attached hydrogens (primary N) is 1. The van der Waals surface area contributed by atoms with Gasteiger partial charge in [0.25, 0.3) is 0 Å². The molecule has 0 aliphatic rings. The first-order valence-corrected chi connectivity index (χ1v) is 5.10. The van der Waals surface area contributed by atoms with Gasteiger partial charge in [0.1, 0.15) is 5.75 Å². The fourth-order valence-corrected chi connectivity index (χ4v) is 1.32. The molecule has 0 unspecified atom stereocenters. The summed E-state index contributed by atoms with van der Waals surface area (Å²) in [6.07, 6.45) is 3.26. The lowest BCUT2D eigenvalue weighted by Crippen LogP contribution is -1.99. The summed E-state index contributed by atoms with van der Waals surface area (Å²) >= 11 is 5.82. The predicted octanol–water partition coefficient (Wildman–Crippen LogP) is 2.38. The maximum absolute atomic E-state index is 5.82. The highest BCUT2D eigenvalue weighted by atomic mass is 35.5. The van der Waals surface area contributed by atoms with E-state index in [4.69, 9.17) is 22.1 Å². The number of hydrogen-bond acceptors (Lipinski definition) is 4. The van der Waals surface area contributed by atoms with E-state index in [0.29, 0.717) is 17.3 Å². The van der Waals surface area contributed by atoms with Crippen molar-refractivity contribution in [3.8, 4) is 11.8 Å². The molecule has 0 bridgehead atoms.